The van der Waals surface area contributed by atoms with Gasteiger partial charge in [-0.3, -0.25) is 0 Å². The van der Waals surface area contributed by atoms with Gasteiger partial charge in [-0.25, -0.2) is 13.5 Å². The van der Waals surface area contributed by atoms with Gasteiger partial charge in [0.15, 0.2) is 0 Å². The molecule has 1 heterocycles. The van der Waals surface area contributed by atoms with Crippen molar-refractivity contribution in [3.05, 3.63) is 65.5 Å². The van der Waals surface area contributed by atoms with E-state index in [0.717, 1.165) is 17.2 Å². The molecule has 1 unspecified atom stereocenters. The number of hydrogen-bond donors (Lipinski definition) is 2. The van der Waals surface area contributed by atoms with Crippen LogP contribution in [0.15, 0.2) is 42.7 Å². The molecule has 0 spiro atoms. The summed E-state index contributed by atoms with van der Waals surface area (Å²) in [5.41, 5.74) is 1.61. The quantitative estimate of drug-likeness (QED) is 0.667. The second-order valence-electron chi connectivity index (χ2n) is 6.73. The van der Waals surface area contributed by atoms with E-state index in [4.69, 9.17) is 0 Å². The van der Waals surface area contributed by atoms with Gasteiger partial charge in [0, 0.05) is 17.3 Å². The van der Waals surface area contributed by atoms with Gasteiger partial charge in [-0.15, -0.1) is 5.10 Å². The average Bonchev–Trinajstić information content (AvgIpc) is 3.07. The zero-order valence-corrected chi connectivity index (χ0v) is 15.8. The molecule has 2 aromatic carbocycles. The van der Waals surface area contributed by atoms with E-state index >= 15 is 0 Å². The first-order valence-electron chi connectivity index (χ1n) is 8.76. The fourth-order valence-electron chi connectivity index (χ4n) is 2.47. The zero-order chi connectivity index (χ0) is 20.3. The van der Waals surface area contributed by atoms with Crippen molar-refractivity contribution in [1.29, 1.82) is 0 Å². The predicted molar refractivity (Wildman–Crippen MR) is 104 cm³/mol. The van der Waals surface area contributed by atoms with Crippen molar-refractivity contribution in [1.82, 2.24) is 14.8 Å². The molecule has 28 heavy (non-hydrogen) atoms. The lowest BCUT2D eigenvalue weighted by atomic mass is 10.0. The van der Waals surface area contributed by atoms with Crippen molar-refractivity contribution in [3.63, 3.8) is 0 Å². The highest BCUT2D eigenvalue weighted by atomic mass is 19.1. The Morgan fingerprint density at radius 3 is 2.54 bits per heavy atom. The van der Waals surface area contributed by atoms with Crippen LogP contribution in [0.4, 0.5) is 20.4 Å². The molecule has 0 aliphatic rings. The smallest absolute Gasteiger partial charge is 0.246 e. The minimum atomic E-state index is -1.04. The Hall–Kier alpha value is -3.24. The molecule has 0 amide bonds. The monoisotopic (exact) mass is 382 g/mol. The van der Waals surface area contributed by atoms with Crippen LogP contribution in [0.1, 0.15) is 31.4 Å². The molecule has 5 nitrogen and oxygen atoms in total. The summed E-state index contributed by atoms with van der Waals surface area (Å²) in [6.07, 6.45) is 1.89. The number of aryl methyl sites for hydroxylation is 1. The maximum absolute atomic E-state index is 13.4. The summed E-state index contributed by atoms with van der Waals surface area (Å²) in [5, 5.41) is 17.3. The van der Waals surface area contributed by atoms with Gasteiger partial charge < -0.3 is 10.4 Å². The van der Waals surface area contributed by atoms with E-state index < -0.39 is 17.2 Å². The van der Waals surface area contributed by atoms with Crippen LogP contribution in [0.5, 0.6) is 0 Å². The lowest BCUT2D eigenvalue weighted by molar-refractivity contribution is 0.118. The van der Waals surface area contributed by atoms with Crippen LogP contribution in [-0.4, -0.2) is 25.5 Å². The van der Waals surface area contributed by atoms with E-state index in [1.165, 1.54) is 23.1 Å². The number of rotatable bonds is 4. The SMILES string of the molecule is CCC(C)(O)C#Cc1cc(C)cc(Nc2ncn(-c3cc(F)cc(F)c3)n2)c1. The minimum Gasteiger partial charge on any atom is -0.378 e. The Balaban J connectivity index is 1.84. The Labute approximate surface area is 162 Å². The van der Waals surface area contributed by atoms with Crippen molar-refractivity contribution in [2.45, 2.75) is 32.8 Å². The van der Waals surface area contributed by atoms with Crippen molar-refractivity contribution >= 4 is 11.6 Å². The third kappa shape index (κ3) is 4.93. The molecule has 7 heteroatoms. The van der Waals surface area contributed by atoms with Gasteiger partial charge in [0.05, 0.1) is 5.69 Å². The lowest BCUT2D eigenvalue weighted by Crippen LogP contribution is -2.19. The molecule has 0 radical (unpaired) electrons. The number of nitrogens with one attached hydrogen (secondary N) is 1. The van der Waals surface area contributed by atoms with Gasteiger partial charge in [-0.05, 0) is 56.2 Å². The van der Waals surface area contributed by atoms with E-state index in [9.17, 15) is 13.9 Å². The number of halogens is 2. The highest BCUT2D eigenvalue weighted by Crippen LogP contribution is 2.19. The van der Waals surface area contributed by atoms with E-state index in [-0.39, 0.29) is 11.6 Å². The molecule has 0 bridgehead atoms. The topological polar surface area (TPSA) is 63.0 Å². The largest absolute Gasteiger partial charge is 0.378 e. The van der Waals surface area contributed by atoms with Crippen LogP contribution in [-0.2, 0) is 0 Å². The highest BCUT2D eigenvalue weighted by Gasteiger charge is 2.12. The fraction of sp³-hybridized carbons (Fsp3) is 0.238. The highest BCUT2D eigenvalue weighted by molar-refractivity contribution is 5.58. The molecule has 0 fully saturated rings. The van der Waals surface area contributed by atoms with Crippen LogP contribution in [0, 0.1) is 30.4 Å². The summed E-state index contributed by atoms with van der Waals surface area (Å²) in [7, 11) is 0. The zero-order valence-electron chi connectivity index (χ0n) is 15.8. The number of benzene rings is 2. The van der Waals surface area contributed by atoms with Gasteiger partial charge in [0.25, 0.3) is 0 Å². The van der Waals surface area contributed by atoms with Crippen molar-refractivity contribution < 1.29 is 13.9 Å². The second kappa shape index (κ2) is 7.79. The van der Waals surface area contributed by atoms with Gasteiger partial charge >= 0.3 is 0 Å². The van der Waals surface area contributed by atoms with Crippen molar-refractivity contribution in [2.24, 2.45) is 0 Å². The molecule has 0 aliphatic heterocycles. The normalized spacial score (nSPS) is 12.8. The van der Waals surface area contributed by atoms with Gasteiger partial charge in [-0.1, -0.05) is 18.8 Å². The summed E-state index contributed by atoms with van der Waals surface area (Å²) in [5.74, 6) is 4.72. The molecule has 0 saturated heterocycles. The average molecular weight is 382 g/mol. The maximum atomic E-state index is 13.4. The molecule has 0 aliphatic carbocycles. The molecule has 3 rings (SSSR count). The van der Waals surface area contributed by atoms with Gasteiger partial charge in [0.2, 0.25) is 5.95 Å². The summed E-state index contributed by atoms with van der Waals surface area (Å²) in [4.78, 5) is 4.12. The molecular formula is C21H20F2N4O. The number of aromatic nitrogens is 3. The molecular weight excluding hydrogens is 362 g/mol. The number of hydrogen-bond acceptors (Lipinski definition) is 4. The second-order valence-corrected chi connectivity index (χ2v) is 6.73. The summed E-state index contributed by atoms with van der Waals surface area (Å²) >= 11 is 0. The van der Waals surface area contributed by atoms with Crippen LogP contribution in [0.3, 0.4) is 0 Å². The molecule has 1 aromatic heterocycles. The third-order valence-corrected chi connectivity index (χ3v) is 4.10. The van der Waals surface area contributed by atoms with Crippen LogP contribution in [0.25, 0.3) is 5.69 Å². The first-order valence-corrected chi connectivity index (χ1v) is 8.76. The van der Waals surface area contributed by atoms with Crippen LogP contribution in [0.2, 0.25) is 0 Å². The van der Waals surface area contributed by atoms with E-state index in [2.05, 4.69) is 27.2 Å². The molecule has 3 aromatic rings. The van der Waals surface area contributed by atoms with Crippen molar-refractivity contribution in [3.8, 4) is 17.5 Å². The number of nitrogens with zero attached hydrogens (tertiary/aromatic N) is 3. The Morgan fingerprint density at radius 2 is 1.86 bits per heavy atom. The Morgan fingerprint density at radius 1 is 1.14 bits per heavy atom. The fourth-order valence-corrected chi connectivity index (χ4v) is 2.47. The molecule has 144 valence electrons. The third-order valence-electron chi connectivity index (χ3n) is 4.10. The van der Waals surface area contributed by atoms with E-state index in [0.29, 0.717) is 12.1 Å². The maximum Gasteiger partial charge on any atom is 0.246 e. The molecule has 2 N–H and O–H groups in total. The summed E-state index contributed by atoms with van der Waals surface area (Å²) in [6, 6.07) is 8.75. The van der Waals surface area contributed by atoms with Crippen LogP contribution < -0.4 is 5.32 Å². The summed E-state index contributed by atoms with van der Waals surface area (Å²) in [6.45, 7) is 5.46. The van der Waals surface area contributed by atoms with Crippen LogP contribution >= 0.6 is 0 Å². The standard InChI is InChI=1S/C21H20F2N4O/c1-4-21(3,28)6-5-15-7-14(2)8-18(9-15)25-20-24-13-27(26-20)19-11-16(22)10-17(23)12-19/h7-13,28H,4H2,1-3H3,(H,25,26). The first kappa shape index (κ1) is 19.5. The lowest BCUT2D eigenvalue weighted by Gasteiger charge is -2.12. The first-order chi connectivity index (χ1) is 13.2. The molecule has 0 saturated carbocycles. The number of aliphatic hydroxyl groups is 1. The van der Waals surface area contributed by atoms with E-state index in [1.54, 1.807) is 6.92 Å². The minimum absolute atomic E-state index is 0.232. The number of anilines is 2. The van der Waals surface area contributed by atoms with E-state index in [1.807, 2.05) is 32.0 Å². The Bertz CT molecular complexity index is 1040. The Kier molecular flexibility index (Phi) is 5.43. The predicted octanol–water partition coefficient (Wildman–Crippen LogP) is 4.11. The molecule has 1 atom stereocenters. The van der Waals surface area contributed by atoms with Gasteiger partial charge in [0.1, 0.15) is 23.6 Å². The van der Waals surface area contributed by atoms with Gasteiger partial charge in [-0.2, -0.15) is 4.98 Å². The summed E-state index contributed by atoms with van der Waals surface area (Å²) < 4.78 is 28.1. The van der Waals surface area contributed by atoms with Crippen molar-refractivity contribution in [2.75, 3.05) is 5.32 Å².